The Hall–Kier alpha value is -2.51. The lowest BCUT2D eigenvalue weighted by Gasteiger charge is -2.16. The highest BCUT2D eigenvalue weighted by atomic mass is 19.3. The Morgan fingerprint density at radius 3 is 2.62 bits per heavy atom. The summed E-state index contributed by atoms with van der Waals surface area (Å²) in [5, 5.41) is 9.23. The van der Waals surface area contributed by atoms with Crippen LogP contribution in [0.15, 0.2) is 30.6 Å². The van der Waals surface area contributed by atoms with Crippen LogP contribution in [-0.4, -0.2) is 27.8 Å². The van der Waals surface area contributed by atoms with Crippen molar-refractivity contribution in [1.82, 2.24) is 14.8 Å². The largest absolute Gasteiger partial charge is 0.497 e. The highest BCUT2D eigenvalue weighted by Gasteiger charge is 2.41. The van der Waals surface area contributed by atoms with Gasteiger partial charge in [0.2, 0.25) is 5.95 Å². The van der Waals surface area contributed by atoms with Crippen LogP contribution in [0.3, 0.4) is 0 Å². The van der Waals surface area contributed by atoms with E-state index in [1.807, 2.05) is 0 Å². The molecule has 2 rings (SSSR count). The molecule has 0 aliphatic heterocycles. The average Bonchev–Trinajstić information content (AvgIpc) is 2.94. The molecule has 1 heterocycles. The number of rotatable bonds is 5. The third-order valence-electron chi connectivity index (χ3n) is 2.92. The van der Waals surface area contributed by atoms with E-state index in [-0.39, 0.29) is 5.95 Å². The second-order valence-electron chi connectivity index (χ2n) is 4.20. The van der Waals surface area contributed by atoms with E-state index in [1.165, 1.54) is 30.1 Å². The number of amides is 1. The van der Waals surface area contributed by atoms with E-state index in [0.717, 1.165) is 12.1 Å². The maximum Gasteiger partial charge on any atom is 0.350 e. The van der Waals surface area contributed by atoms with Gasteiger partial charge in [0.15, 0.2) is 0 Å². The van der Waals surface area contributed by atoms with Crippen molar-refractivity contribution in [3.05, 3.63) is 36.2 Å². The first kappa shape index (κ1) is 14.9. The van der Waals surface area contributed by atoms with Crippen molar-refractivity contribution in [2.45, 2.75) is 19.4 Å². The van der Waals surface area contributed by atoms with Gasteiger partial charge in [-0.3, -0.25) is 14.7 Å². The lowest BCUT2D eigenvalue weighted by atomic mass is 10.1. The minimum absolute atomic E-state index is 0.0179. The first-order chi connectivity index (χ1) is 9.98. The lowest BCUT2D eigenvalue weighted by molar-refractivity contribution is -0.141. The number of nitrogens with one attached hydrogen (secondary N) is 1. The molecule has 0 aliphatic carbocycles. The van der Waals surface area contributed by atoms with Crippen molar-refractivity contribution < 1.29 is 18.3 Å². The summed E-state index contributed by atoms with van der Waals surface area (Å²) in [6, 6.07) is 5.02. The van der Waals surface area contributed by atoms with Gasteiger partial charge in [-0.05, 0) is 31.2 Å². The smallest absolute Gasteiger partial charge is 0.350 e. The number of alkyl halides is 2. The fraction of sp³-hybridized carbons (Fsp3) is 0.308. The topological polar surface area (TPSA) is 69.0 Å². The molecule has 0 radical (unpaired) electrons. The third-order valence-corrected chi connectivity index (χ3v) is 2.92. The van der Waals surface area contributed by atoms with Crippen molar-refractivity contribution in [3.8, 4) is 5.75 Å². The Labute approximate surface area is 119 Å². The van der Waals surface area contributed by atoms with Crippen LogP contribution in [0.4, 0.5) is 14.7 Å². The number of halogens is 2. The Morgan fingerprint density at radius 2 is 2.05 bits per heavy atom. The van der Waals surface area contributed by atoms with Crippen LogP contribution in [0.1, 0.15) is 12.5 Å². The zero-order valence-corrected chi connectivity index (χ0v) is 11.5. The summed E-state index contributed by atoms with van der Waals surface area (Å²) in [7, 11) is 1.43. The second-order valence-corrected chi connectivity index (χ2v) is 4.20. The summed E-state index contributed by atoms with van der Waals surface area (Å²) >= 11 is 0. The Morgan fingerprint density at radius 1 is 1.38 bits per heavy atom. The SMILES string of the molecule is CCn1cnnc1NC(=O)C(F)(F)c1ccc(OC)cc1. The van der Waals surface area contributed by atoms with Gasteiger partial charge >= 0.3 is 11.8 Å². The molecule has 0 fully saturated rings. The van der Waals surface area contributed by atoms with Crippen LogP contribution < -0.4 is 10.1 Å². The molecule has 0 saturated carbocycles. The normalized spacial score (nSPS) is 11.2. The molecular weight excluding hydrogens is 282 g/mol. The predicted molar refractivity (Wildman–Crippen MR) is 71.2 cm³/mol. The van der Waals surface area contributed by atoms with E-state index in [9.17, 15) is 13.6 Å². The number of hydrogen-bond acceptors (Lipinski definition) is 4. The fourth-order valence-electron chi connectivity index (χ4n) is 1.69. The minimum Gasteiger partial charge on any atom is -0.497 e. The number of methoxy groups -OCH3 is 1. The monoisotopic (exact) mass is 296 g/mol. The zero-order valence-electron chi connectivity index (χ0n) is 11.5. The van der Waals surface area contributed by atoms with Gasteiger partial charge in [-0.2, -0.15) is 8.78 Å². The maximum absolute atomic E-state index is 14.1. The molecule has 1 aromatic heterocycles. The number of carbonyl (C=O) groups is 1. The predicted octanol–water partition coefficient (Wildman–Crippen LogP) is 2.04. The first-order valence-corrected chi connectivity index (χ1v) is 6.20. The van der Waals surface area contributed by atoms with Crippen molar-refractivity contribution in [3.63, 3.8) is 0 Å². The number of hydrogen-bond donors (Lipinski definition) is 1. The molecule has 0 aliphatic rings. The van der Waals surface area contributed by atoms with Gasteiger partial charge in [-0.15, -0.1) is 10.2 Å². The lowest BCUT2D eigenvalue weighted by Crippen LogP contribution is -2.33. The Kier molecular flexibility index (Phi) is 4.15. The van der Waals surface area contributed by atoms with E-state index in [4.69, 9.17) is 4.74 Å². The number of aryl methyl sites for hydroxylation is 1. The molecule has 2 aromatic rings. The van der Waals surface area contributed by atoms with Gasteiger partial charge in [-0.25, -0.2) is 0 Å². The summed E-state index contributed by atoms with van der Waals surface area (Å²) in [6.07, 6.45) is 1.35. The van der Waals surface area contributed by atoms with Crippen molar-refractivity contribution in [2.24, 2.45) is 0 Å². The molecule has 0 bridgehead atoms. The van der Waals surface area contributed by atoms with Gasteiger partial charge < -0.3 is 4.74 Å². The molecule has 0 unspecified atom stereocenters. The van der Waals surface area contributed by atoms with E-state index in [0.29, 0.717) is 12.3 Å². The molecule has 0 atom stereocenters. The molecular formula is C13H14F2N4O2. The molecule has 21 heavy (non-hydrogen) atoms. The van der Waals surface area contributed by atoms with Gasteiger partial charge in [0, 0.05) is 12.1 Å². The molecule has 112 valence electrons. The number of anilines is 1. The summed E-state index contributed by atoms with van der Waals surface area (Å²) in [5.41, 5.74) is -0.427. The quantitative estimate of drug-likeness (QED) is 0.916. The molecule has 8 heteroatoms. The second kappa shape index (κ2) is 5.86. The van der Waals surface area contributed by atoms with Crippen molar-refractivity contribution in [2.75, 3.05) is 12.4 Å². The van der Waals surface area contributed by atoms with Gasteiger partial charge in [0.25, 0.3) is 0 Å². The Bertz CT molecular complexity index is 625. The maximum atomic E-state index is 14.1. The number of benzene rings is 1. The van der Waals surface area contributed by atoms with E-state index >= 15 is 0 Å². The first-order valence-electron chi connectivity index (χ1n) is 6.20. The summed E-state index contributed by atoms with van der Waals surface area (Å²) in [6.45, 7) is 2.23. The molecule has 1 amide bonds. The number of aromatic nitrogens is 3. The van der Waals surface area contributed by atoms with Gasteiger partial charge in [-0.1, -0.05) is 0 Å². The number of ether oxygens (including phenoxy) is 1. The molecule has 1 aromatic carbocycles. The highest BCUT2D eigenvalue weighted by molar-refractivity contribution is 5.95. The van der Waals surface area contributed by atoms with Gasteiger partial charge in [0.05, 0.1) is 7.11 Å². The van der Waals surface area contributed by atoms with E-state index in [2.05, 4.69) is 15.5 Å². The summed E-state index contributed by atoms with van der Waals surface area (Å²) in [5.74, 6) is -4.73. The van der Waals surface area contributed by atoms with Crippen LogP contribution in [0.25, 0.3) is 0 Å². The van der Waals surface area contributed by atoms with Crippen molar-refractivity contribution >= 4 is 11.9 Å². The molecule has 6 nitrogen and oxygen atoms in total. The van der Waals surface area contributed by atoms with Crippen LogP contribution in [0, 0.1) is 0 Å². The minimum atomic E-state index is -3.68. The summed E-state index contributed by atoms with van der Waals surface area (Å²) in [4.78, 5) is 11.8. The molecule has 0 saturated heterocycles. The fourth-order valence-corrected chi connectivity index (χ4v) is 1.69. The zero-order chi connectivity index (χ0) is 15.5. The highest BCUT2D eigenvalue weighted by Crippen LogP contribution is 2.30. The van der Waals surface area contributed by atoms with Gasteiger partial charge in [0.1, 0.15) is 12.1 Å². The third kappa shape index (κ3) is 2.99. The van der Waals surface area contributed by atoms with Crippen LogP contribution >= 0.6 is 0 Å². The standard InChI is InChI=1S/C13H14F2N4O2/c1-3-19-8-16-18-12(19)17-11(20)13(14,15)9-4-6-10(21-2)7-5-9/h4-8H,3H2,1-2H3,(H,17,18,20). The summed E-state index contributed by atoms with van der Waals surface area (Å²) < 4.78 is 34.5. The average molecular weight is 296 g/mol. The molecule has 0 spiro atoms. The van der Waals surface area contributed by atoms with Crippen LogP contribution in [0.2, 0.25) is 0 Å². The number of carbonyl (C=O) groups excluding carboxylic acids is 1. The van der Waals surface area contributed by atoms with Crippen LogP contribution in [0.5, 0.6) is 5.75 Å². The van der Waals surface area contributed by atoms with Crippen molar-refractivity contribution in [1.29, 1.82) is 0 Å². The molecule has 1 N–H and O–H groups in total. The van der Waals surface area contributed by atoms with E-state index < -0.39 is 17.4 Å². The van der Waals surface area contributed by atoms with Crippen LogP contribution in [-0.2, 0) is 17.3 Å². The van der Waals surface area contributed by atoms with E-state index in [1.54, 1.807) is 6.92 Å². The Balaban J connectivity index is 2.19. The number of nitrogens with zero attached hydrogens (tertiary/aromatic N) is 3.